The largest absolute Gasteiger partial charge is 0.497 e. The molecule has 2 aromatic rings. The summed E-state index contributed by atoms with van der Waals surface area (Å²) in [6.45, 7) is -1.06. The second-order valence-corrected chi connectivity index (χ2v) is 5.05. The zero-order valence-electron chi connectivity index (χ0n) is 14.3. The minimum absolute atomic E-state index is 0.00699. The fourth-order valence-electron chi connectivity index (χ4n) is 1.85. The van der Waals surface area contributed by atoms with Crippen molar-refractivity contribution in [3.8, 4) is 5.75 Å². The molecule has 0 bridgehead atoms. The Hall–Kier alpha value is -3.82. The van der Waals surface area contributed by atoms with Gasteiger partial charge in [0.05, 0.1) is 13.4 Å². The molecule has 0 radical (unpaired) electrons. The summed E-state index contributed by atoms with van der Waals surface area (Å²) in [7, 11) is 1.47. The van der Waals surface area contributed by atoms with Gasteiger partial charge in [-0.05, 0) is 30.3 Å². The highest BCUT2D eigenvalue weighted by molar-refractivity contribution is 5.96. The second kappa shape index (κ2) is 9.61. The molecule has 3 amide bonds. The fraction of sp³-hybridized carbons (Fsp3) is 0.176. The average molecular weight is 375 g/mol. The van der Waals surface area contributed by atoms with Crippen molar-refractivity contribution in [1.82, 2.24) is 16.2 Å². The van der Waals surface area contributed by atoms with Crippen LogP contribution in [0.3, 0.4) is 0 Å². The standard InChI is InChI=1S/C17H17N3O7/c1-25-12-5-2-4-11(8-12)16(23)18-9-15(22)27-10-14(21)19-20-17(24)13-6-3-7-26-13/h2-8H,9-10H2,1H3,(H,18,23)(H,19,21)(H,20,24). The van der Waals surface area contributed by atoms with Gasteiger partial charge in [-0.3, -0.25) is 30.0 Å². The van der Waals surface area contributed by atoms with Crippen LogP contribution in [-0.4, -0.2) is 44.0 Å². The molecular formula is C17H17N3O7. The van der Waals surface area contributed by atoms with Gasteiger partial charge in [0, 0.05) is 5.56 Å². The van der Waals surface area contributed by atoms with E-state index in [1.165, 1.54) is 31.6 Å². The van der Waals surface area contributed by atoms with Crippen molar-refractivity contribution in [2.75, 3.05) is 20.3 Å². The Kier molecular flexibility index (Phi) is 6.94. The summed E-state index contributed by atoms with van der Waals surface area (Å²) in [5, 5.41) is 2.36. The molecule has 0 aliphatic carbocycles. The monoisotopic (exact) mass is 375 g/mol. The summed E-state index contributed by atoms with van der Waals surface area (Å²) in [6, 6.07) is 9.29. The Morgan fingerprint density at radius 2 is 1.85 bits per heavy atom. The number of rotatable bonds is 7. The van der Waals surface area contributed by atoms with E-state index in [4.69, 9.17) is 13.9 Å². The smallest absolute Gasteiger partial charge is 0.325 e. The second-order valence-electron chi connectivity index (χ2n) is 5.05. The third kappa shape index (κ3) is 6.20. The van der Waals surface area contributed by atoms with Gasteiger partial charge in [0.15, 0.2) is 12.4 Å². The van der Waals surface area contributed by atoms with E-state index in [9.17, 15) is 19.2 Å². The van der Waals surface area contributed by atoms with E-state index in [0.717, 1.165) is 0 Å². The van der Waals surface area contributed by atoms with Crippen molar-refractivity contribution in [3.63, 3.8) is 0 Å². The van der Waals surface area contributed by atoms with E-state index >= 15 is 0 Å². The molecule has 0 fully saturated rings. The first-order valence-corrected chi connectivity index (χ1v) is 7.70. The maximum atomic E-state index is 11.9. The maximum Gasteiger partial charge on any atom is 0.325 e. The summed E-state index contributed by atoms with van der Waals surface area (Å²) in [5.74, 6) is -2.24. The topological polar surface area (TPSA) is 136 Å². The molecule has 0 spiro atoms. The van der Waals surface area contributed by atoms with E-state index in [1.54, 1.807) is 18.2 Å². The number of hydrazine groups is 1. The maximum absolute atomic E-state index is 11.9. The number of esters is 1. The zero-order valence-corrected chi connectivity index (χ0v) is 14.3. The first kappa shape index (κ1) is 19.5. The van der Waals surface area contributed by atoms with Gasteiger partial charge in [0.2, 0.25) is 0 Å². The van der Waals surface area contributed by atoms with Gasteiger partial charge in [0.1, 0.15) is 12.3 Å². The van der Waals surface area contributed by atoms with Crippen LogP contribution in [-0.2, 0) is 14.3 Å². The van der Waals surface area contributed by atoms with Crippen LogP contribution >= 0.6 is 0 Å². The molecule has 0 saturated carbocycles. The third-order valence-corrected chi connectivity index (χ3v) is 3.15. The summed E-state index contributed by atoms with van der Waals surface area (Å²) in [4.78, 5) is 46.6. The Morgan fingerprint density at radius 1 is 1.04 bits per heavy atom. The number of hydrogen-bond acceptors (Lipinski definition) is 7. The number of methoxy groups -OCH3 is 1. The molecule has 0 unspecified atom stereocenters. The summed E-state index contributed by atoms with van der Waals surface area (Å²) in [6.07, 6.45) is 1.30. The SMILES string of the molecule is COc1cccc(C(=O)NCC(=O)OCC(=O)NNC(=O)c2ccco2)c1. The average Bonchev–Trinajstić information content (AvgIpc) is 3.23. The van der Waals surface area contributed by atoms with Crippen LogP contribution in [0.15, 0.2) is 47.1 Å². The molecule has 1 heterocycles. The first-order valence-electron chi connectivity index (χ1n) is 7.70. The van der Waals surface area contributed by atoms with Crippen molar-refractivity contribution in [2.45, 2.75) is 0 Å². The summed E-state index contributed by atoms with van der Waals surface area (Å²) < 4.78 is 14.5. The van der Waals surface area contributed by atoms with Crippen molar-refractivity contribution in [3.05, 3.63) is 54.0 Å². The highest BCUT2D eigenvalue weighted by Crippen LogP contribution is 2.12. The molecule has 0 aliphatic heterocycles. The Morgan fingerprint density at radius 3 is 2.56 bits per heavy atom. The lowest BCUT2D eigenvalue weighted by Gasteiger charge is -2.08. The molecule has 142 valence electrons. The van der Waals surface area contributed by atoms with Gasteiger partial charge in [-0.1, -0.05) is 6.07 Å². The van der Waals surface area contributed by atoms with E-state index in [0.29, 0.717) is 11.3 Å². The van der Waals surface area contributed by atoms with Gasteiger partial charge in [-0.15, -0.1) is 0 Å². The lowest BCUT2D eigenvalue weighted by molar-refractivity contribution is -0.147. The predicted molar refractivity (Wildman–Crippen MR) is 90.6 cm³/mol. The molecule has 1 aromatic carbocycles. The van der Waals surface area contributed by atoms with Gasteiger partial charge >= 0.3 is 11.9 Å². The third-order valence-electron chi connectivity index (χ3n) is 3.15. The fourth-order valence-corrected chi connectivity index (χ4v) is 1.85. The van der Waals surface area contributed by atoms with E-state index in [-0.39, 0.29) is 5.76 Å². The van der Waals surface area contributed by atoms with E-state index in [2.05, 4.69) is 16.2 Å². The van der Waals surface area contributed by atoms with Crippen molar-refractivity contribution in [1.29, 1.82) is 0 Å². The number of ether oxygens (including phenoxy) is 2. The molecule has 10 nitrogen and oxygen atoms in total. The Balaban J connectivity index is 1.67. The van der Waals surface area contributed by atoms with Crippen LogP contribution in [0.25, 0.3) is 0 Å². The highest BCUT2D eigenvalue weighted by Gasteiger charge is 2.13. The first-order chi connectivity index (χ1) is 13.0. The van der Waals surface area contributed by atoms with Crippen LogP contribution in [0.5, 0.6) is 5.75 Å². The summed E-state index contributed by atoms with van der Waals surface area (Å²) in [5.41, 5.74) is 4.44. The number of hydrogen-bond donors (Lipinski definition) is 3. The minimum Gasteiger partial charge on any atom is -0.497 e. The normalized spacial score (nSPS) is 9.81. The molecule has 0 saturated heterocycles. The number of carbonyl (C=O) groups is 4. The number of benzene rings is 1. The highest BCUT2D eigenvalue weighted by atomic mass is 16.5. The minimum atomic E-state index is -0.821. The Labute approximate surface area is 153 Å². The van der Waals surface area contributed by atoms with Crippen molar-refractivity contribution in [2.24, 2.45) is 0 Å². The molecule has 27 heavy (non-hydrogen) atoms. The van der Waals surface area contributed by atoms with Crippen LogP contribution in [0.2, 0.25) is 0 Å². The molecule has 0 aliphatic rings. The zero-order chi connectivity index (χ0) is 19.6. The van der Waals surface area contributed by atoms with Gasteiger partial charge < -0.3 is 19.2 Å². The number of amides is 3. The quantitative estimate of drug-likeness (QED) is 0.458. The molecule has 3 N–H and O–H groups in total. The van der Waals surface area contributed by atoms with E-state index in [1.807, 2.05) is 0 Å². The lowest BCUT2D eigenvalue weighted by atomic mass is 10.2. The van der Waals surface area contributed by atoms with E-state index < -0.39 is 36.8 Å². The Bertz CT molecular complexity index is 818. The van der Waals surface area contributed by atoms with Crippen LogP contribution in [0.1, 0.15) is 20.9 Å². The molecule has 2 rings (SSSR count). The van der Waals surface area contributed by atoms with Gasteiger partial charge in [-0.2, -0.15) is 0 Å². The van der Waals surface area contributed by atoms with Crippen LogP contribution in [0.4, 0.5) is 0 Å². The molecule has 10 heteroatoms. The number of carbonyl (C=O) groups excluding carboxylic acids is 4. The van der Waals surface area contributed by atoms with Crippen LogP contribution < -0.4 is 20.9 Å². The van der Waals surface area contributed by atoms with Crippen molar-refractivity contribution < 1.29 is 33.1 Å². The number of nitrogens with one attached hydrogen (secondary N) is 3. The summed E-state index contributed by atoms with van der Waals surface area (Å²) >= 11 is 0. The van der Waals surface area contributed by atoms with Crippen LogP contribution in [0, 0.1) is 0 Å². The lowest BCUT2D eigenvalue weighted by Crippen LogP contribution is -2.44. The van der Waals surface area contributed by atoms with Gasteiger partial charge in [0.25, 0.3) is 11.8 Å². The van der Waals surface area contributed by atoms with Gasteiger partial charge in [-0.25, -0.2) is 0 Å². The van der Waals surface area contributed by atoms with Crippen molar-refractivity contribution >= 4 is 23.7 Å². The molecular weight excluding hydrogens is 358 g/mol. The number of furan rings is 1. The molecule has 1 aromatic heterocycles. The molecule has 0 atom stereocenters. The predicted octanol–water partition coefficient (Wildman–Crippen LogP) is 0.0224.